The molecule has 42 valence electrons. The number of alkyl halides is 2. The van der Waals surface area contributed by atoms with Gasteiger partial charge in [-0.1, -0.05) is 11.6 Å². The predicted octanol–water partition coefficient (Wildman–Crippen LogP) is 1.58. The molecule has 1 heterocycles. The summed E-state index contributed by atoms with van der Waals surface area (Å²) in [5.74, 6) is 0.385. The third-order valence-electron chi connectivity index (χ3n) is 1.10. The molecule has 1 fully saturated rings. The van der Waals surface area contributed by atoms with Crippen LogP contribution in [0.25, 0.3) is 0 Å². The van der Waals surface area contributed by atoms with Gasteiger partial charge in [0.1, 0.15) is 6.10 Å². The van der Waals surface area contributed by atoms with E-state index < -0.39 is 5.06 Å². The van der Waals surface area contributed by atoms with Gasteiger partial charge in [0.25, 0.3) is 0 Å². The first-order chi connectivity index (χ1) is 3.19. The van der Waals surface area contributed by atoms with Gasteiger partial charge < -0.3 is 4.74 Å². The molecule has 1 aliphatic rings. The highest BCUT2D eigenvalue weighted by Crippen LogP contribution is 2.40. The molecule has 0 aliphatic carbocycles. The summed E-state index contributed by atoms with van der Waals surface area (Å²) < 4.78 is 4.89. The SMILES string of the molecule is C[C@H]1O[C@@]1(Cl)CCl. The van der Waals surface area contributed by atoms with Gasteiger partial charge in [-0.15, -0.1) is 11.6 Å². The Morgan fingerprint density at radius 2 is 2.29 bits per heavy atom. The van der Waals surface area contributed by atoms with E-state index in [1.54, 1.807) is 0 Å². The van der Waals surface area contributed by atoms with Crippen molar-refractivity contribution in [3.8, 4) is 0 Å². The number of hydrogen-bond acceptors (Lipinski definition) is 1. The number of hydrogen-bond donors (Lipinski definition) is 0. The van der Waals surface area contributed by atoms with Crippen molar-refractivity contribution in [2.24, 2.45) is 0 Å². The van der Waals surface area contributed by atoms with Crippen LogP contribution < -0.4 is 0 Å². The molecular weight excluding hydrogens is 135 g/mol. The molecular formula is C4H6Cl2O. The van der Waals surface area contributed by atoms with Crippen LogP contribution in [-0.2, 0) is 4.74 Å². The Balaban J connectivity index is 2.36. The summed E-state index contributed by atoms with van der Waals surface area (Å²) in [7, 11) is 0. The van der Waals surface area contributed by atoms with E-state index in [4.69, 9.17) is 27.9 Å². The van der Waals surface area contributed by atoms with Gasteiger partial charge in [-0.2, -0.15) is 0 Å². The minimum Gasteiger partial charge on any atom is -0.348 e. The predicted molar refractivity (Wildman–Crippen MR) is 29.9 cm³/mol. The molecule has 0 aromatic rings. The summed E-state index contributed by atoms with van der Waals surface area (Å²) in [6, 6.07) is 0. The Morgan fingerprint density at radius 3 is 2.29 bits per heavy atom. The average molecular weight is 141 g/mol. The van der Waals surface area contributed by atoms with Gasteiger partial charge in [0.15, 0.2) is 5.06 Å². The molecule has 0 unspecified atom stereocenters. The van der Waals surface area contributed by atoms with Crippen LogP contribution in [0, 0.1) is 0 Å². The van der Waals surface area contributed by atoms with Crippen LogP contribution >= 0.6 is 23.2 Å². The number of rotatable bonds is 1. The molecule has 1 rings (SSSR count). The molecule has 0 saturated carbocycles. The molecule has 0 amide bonds. The van der Waals surface area contributed by atoms with Crippen molar-refractivity contribution in [3.63, 3.8) is 0 Å². The highest BCUT2D eigenvalue weighted by atomic mass is 35.5. The highest BCUT2D eigenvalue weighted by molar-refractivity contribution is 6.31. The quantitative estimate of drug-likeness (QED) is 0.399. The fourth-order valence-electron chi connectivity index (χ4n) is 0.400. The standard InChI is InChI=1S/C4H6Cl2O/c1-3-4(6,2-5)7-3/h3H,2H2,1H3/t3-,4+/m1/s1. The molecule has 1 nitrogen and oxygen atoms in total. The molecule has 0 radical (unpaired) electrons. The average Bonchev–Trinajstić information content (AvgIpc) is 2.18. The van der Waals surface area contributed by atoms with Crippen molar-refractivity contribution >= 4 is 23.2 Å². The summed E-state index contributed by atoms with van der Waals surface area (Å²) >= 11 is 11.0. The molecule has 7 heavy (non-hydrogen) atoms. The van der Waals surface area contributed by atoms with Crippen LogP contribution in [-0.4, -0.2) is 17.0 Å². The summed E-state index contributed by atoms with van der Waals surface area (Å²) in [4.78, 5) is 0. The third-order valence-corrected chi connectivity index (χ3v) is 2.17. The van der Waals surface area contributed by atoms with E-state index in [-0.39, 0.29) is 6.10 Å². The molecule has 0 N–H and O–H groups in total. The van der Waals surface area contributed by atoms with Crippen molar-refractivity contribution in [2.45, 2.75) is 18.1 Å². The third kappa shape index (κ3) is 0.857. The topological polar surface area (TPSA) is 12.5 Å². The van der Waals surface area contributed by atoms with Crippen LogP contribution in [0.2, 0.25) is 0 Å². The van der Waals surface area contributed by atoms with Crippen molar-refractivity contribution in [3.05, 3.63) is 0 Å². The van der Waals surface area contributed by atoms with E-state index in [1.807, 2.05) is 6.92 Å². The second kappa shape index (κ2) is 1.51. The molecule has 1 aliphatic heterocycles. The van der Waals surface area contributed by atoms with Gasteiger partial charge in [0.2, 0.25) is 0 Å². The maximum atomic E-state index is 5.62. The fourth-order valence-corrected chi connectivity index (χ4v) is 0.814. The first-order valence-corrected chi connectivity index (χ1v) is 3.03. The highest BCUT2D eigenvalue weighted by Gasteiger charge is 2.51. The molecule has 3 heteroatoms. The maximum Gasteiger partial charge on any atom is 0.181 e. The van der Waals surface area contributed by atoms with Crippen LogP contribution in [0.4, 0.5) is 0 Å². The van der Waals surface area contributed by atoms with Crippen molar-refractivity contribution in [1.29, 1.82) is 0 Å². The second-order valence-corrected chi connectivity index (χ2v) is 2.59. The Morgan fingerprint density at radius 1 is 1.86 bits per heavy atom. The van der Waals surface area contributed by atoms with Gasteiger partial charge in [0.05, 0.1) is 5.88 Å². The van der Waals surface area contributed by atoms with E-state index >= 15 is 0 Å². The normalized spacial score (nSPS) is 49.3. The van der Waals surface area contributed by atoms with Gasteiger partial charge in [0, 0.05) is 0 Å². The van der Waals surface area contributed by atoms with Gasteiger partial charge in [-0.05, 0) is 6.92 Å². The van der Waals surface area contributed by atoms with Gasteiger partial charge in [-0.3, -0.25) is 0 Å². The number of halogens is 2. The van der Waals surface area contributed by atoms with Crippen molar-refractivity contribution in [1.82, 2.24) is 0 Å². The fraction of sp³-hybridized carbons (Fsp3) is 1.00. The lowest BCUT2D eigenvalue weighted by atomic mass is 10.4. The Bertz CT molecular complexity index is 81.8. The molecule has 0 aromatic carbocycles. The lowest BCUT2D eigenvalue weighted by molar-refractivity contribution is 0.371. The van der Waals surface area contributed by atoms with E-state index in [0.717, 1.165) is 0 Å². The van der Waals surface area contributed by atoms with E-state index in [9.17, 15) is 0 Å². The molecule has 0 spiro atoms. The number of ether oxygens (including phenoxy) is 1. The monoisotopic (exact) mass is 140 g/mol. The van der Waals surface area contributed by atoms with Crippen molar-refractivity contribution < 1.29 is 4.74 Å². The molecule has 2 atom stereocenters. The van der Waals surface area contributed by atoms with Crippen LogP contribution in [0.5, 0.6) is 0 Å². The zero-order chi connectivity index (χ0) is 5.49. The first-order valence-electron chi connectivity index (χ1n) is 2.12. The largest absolute Gasteiger partial charge is 0.348 e. The summed E-state index contributed by atoms with van der Waals surface area (Å²) in [5, 5.41) is -0.512. The van der Waals surface area contributed by atoms with Crippen molar-refractivity contribution in [2.75, 3.05) is 5.88 Å². The minimum absolute atomic E-state index is 0.145. The zero-order valence-corrected chi connectivity index (χ0v) is 5.46. The van der Waals surface area contributed by atoms with Gasteiger partial charge >= 0.3 is 0 Å². The van der Waals surface area contributed by atoms with Crippen LogP contribution in [0.3, 0.4) is 0 Å². The summed E-state index contributed by atoms with van der Waals surface area (Å²) in [5.41, 5.74) is 0. The van der Waals surface area contributed by atoms with E-state index in [0.29, 0.717) is 5.88 Å². The van der Waals surface area contributed by atoms with Crippen LogP contribution in [0.15, 0.2) is 0 Å². The van der Waals surface area contributed by atoms with E-state index in [2.05, 4.69) is 0 Å². The molecule has 1 saturated heterocycles. The van der Waals surface area contributed by atoms with Crippen LogP contribution in [0.1, 0.15) is 6.92 Å². The summed E-state index contributed by atoms with van der Waals surface area (Å²) in [6.45, 7) is 1.90. The van der Waals surface area contributed by atoms with Gasteiger partial charge in [-0.25, -0.2) is 0 Å². The Labute approximate surface area is 52.5 Å². The smallest absolute Gasteiger partial charge is 0.181 e. The lowest BCUT2D eigenvalue weighted by Gasteiger charge is -1.89. The minimum atomic E-state index is -0.512. The number of epoxide rings is 1. The maximum absolute atomic E-state index is 5.62. The summed E-state index contributed by atoms with van der Waals surface area (Å²) in [6.07, 6.45) is 0.145. The zero-order valence-electron chi connectivity index (χ0n) is 3.95. The lowest BCUT2D eigenvalue weighted by Crippen LogP contribution is -2.04. The molecule has 0 aromatic heterocycles. The Hall–Kier alpha value is 0.540. The first kappa shape index (κ1) is 5.67. The van der Waals surface area contributed by atoms with E-state index in [1.165, 1.54) is 0 Å². The Kier molecular flexibility index (Phi) is 1.22. The second-order valence-electron chi connectivity index (χ2n) is 1.68. The molecule has 0 bridgehead atoms.